The van der Waals surface area contributed by atoms with Gasteiger partial charge in [0.2, 0.25) is 0 Å². The Morgan fingerprint density at radius 3 is 2.21 bits per heavy atom. The average Bonchev–Trinajstić information content (AvgIpc) is 2.94. The molecule has 0 saturated carbocycles. The van der Waals surface area contributed by atoms with Crippen LogP contribution in [-0.2, 0) is 25.6 Å². The second kappa shape index (κ2) is 13.2. The number of nitrogens with one attached hydrogen (secondary N) is 2. The summed E-state index contributed by atoms with van der Waals surface area (Å²) >= 11 is 0. The van der Waals surface area contributed by atoms with Gasteiger partial charge >= 0.3 is 0 Å². The molecule has 1 saturated heterocycles. The first kappa shape index (κ1) is 28.9. The Balaban J connectivity index is 1.70. The van der Waals surface area contributed by atoms with Gasteiger partial charge in [0.05, 0.1) is 6.10 Å². The first-order valence-corrected chi connectivity index (χ1v) is 12.6. The SMILES string of the molecule is CNC(=O)C(C)(C(=O)NOC1CCCCO1)N(C)C(=O)c1ccc(C#Cc2ccc(C[C@H](C)O)cc2)cc1. The van der Waals surface area contributed by atoms with Crippen molar-refractivity contribution in [2.24, 2.45) is 0 Å². The Kier molecular flexibility index (Phi) is 10.0. The summed E-state index contributed by atoms with van der Waals surface area (Å²) in [5, 5.41) is 12.0. The van der Waals surface area contributed by atoms with Gasteiger partial charge in [0.1, 0.15) is 0 Å². The highest BCUT2D eigenvalue weighted by Gasteiger charge is 2.47. The Morgan fingerprint density at radius 2 is 1.68 bits per heavy atom. The largest absolute Gasteiger partial charge is 0.393 e. The number of likely N-dealkylation sites (N-methyl/N-ethyl adjacent to an activating group) is 2. The molecule has 0 radical (unpaired) electrons. The predicted molar refractivity (Wildman–Crippen MR) is 142 cm³/mol. The minimum atomic E-state index is -1.88. The summed E-state index contributed by atoms with van der Waals surface area (Å²) in [6.45, 7) is 3.63. The molecule has 3 rings (SSSR count). The van der Waals surface area contributed by atoms with Crippen LogP contribution in [0.3, 0.4) is 0 Å². The molecule has 9 nitrogen and oxygen atoms in total. The molecular formula is C29H35N3O6. The van der Waals surface area contributed by atoms with E-state index in [9.17, 15) is 19.5 Å². The summed E-state index contributed by atoms with van der Waals surface area (Å²) in [5.41, 5.74) is 3.27. The van der Waals surface area contributed by atoms with E-state index in [-0.39, 0.29) is 0 Å². The van der Waals surface area contributed by atoms with Gasteiger partial charge in [-0.05, 0) is 75.1 Å². The van der Waals surface area contributed by atoms with E-state index in [4.69, 9.17) is 9.57 Å². The van der Waals surface area contributed by atoms with E-state index in [0.717, 1.165) is 28.9 Å². The molecule has 1 aliphatic heterocycles. The smallest absolute Gasteiger partial charge is 0.279 e. The molecule has 0 bridgehead atoms. The van der Waals surface area contributed by atoms with E-state index in [0.29, 0.717) is 30.6 Å². The zero-order chi connectivity index (χ0) is 27.7. The van der Waals surface area contributed by atoms with Gasteiger partial charge in [-0.1, -0.05) is 24.0 Å². The number of benzene rings is 2. The molecule has 1 aliphatic rings. The van der Waals surface area contributed by atoms with E-state index in [2.05, 4.69) is 22.6 Å². The lowest BCUT2D eigenvalue weighted by molar-refractivity contribution is -0.204. The van der Waals surface area contributed by atoms with Crippen LogP contribution in [0.5, 0.6) is 0 Å². The Labute approximate surface area is 223 Å². The summed E-state index contributed by atoms with van der Waals surface area (Å²) in [4.78, 5) is 45.5. The van der Waals surface area contributed by atoms with Gasteiger partial charge in [-0.3, -0.25) is 14.4 Å². The van der Waals surface area contributed by atoms with Crippen molar-refractivity contribution in [2.45, 2.75) is 57.5 Å². The third kappa shape index (κ3) is 7.19. The van der Waals surface area contributed by atoms with Gasteiger partial charge in [0.25, 0.3) is 17.7 Å². The zero-order valence-electron chi connectivity index (χ0n) is 22.2. The number of hydroxylamine groups is 1. The lowest BCUT2D eigenvalue weighted by atomic mass is 9.96. The van der Waals surface area contributed by atoms with Crippen LogP contribution in [0.15, 0.2) is 48.5 Å². The Bertz CT molecular complexity index is 1180. The maximum Gasteiger partial charge on any atom is 0.279 e. The fourth-order valence-corrected chi connectivity index (χ4v) is 3.98. The highest BCUT2D eigenvalue weighted by molar-refractivity contribution is 6.12. The summed E-state index contributed by atoms with van der Waals surface area (Å²) in [6, 6.07) is 14.3. The van der Waals surface area contributed by atoms with Crippen LogP contribution < -0.4 is 10.8 Å². The van der Waals surface area contributed by atoms with Gasteiger partial charge in [-0.2, -0.15) is 0 Å². The summed E-state index contributed by atoms with van der Waals surface area (Å²) in [5.74, 6) is 4.16. The normalized spacial score (nSPS) is 17.2. The zero-order valence-corrected chi connectivity index (χ0v) is 22.2. The van der Waals surface area contributed by atoms with Gasteiger partial charge in [0.15, 0.2) is 11.8 Å². The molecule has 0 aromatic heterocycles. The lowest BCUT2D eigenvalue weighted by Gasteiger charge is -2.36. The van der Waals surface area contributed by atoms with Crippen molar-refractivity contribution in [3.05, 3.63) is 70.8 Å². The minimum Gasteiger partial charge on any atom is -0.393 e. The van der Waals surface area contributed by atoms with Crippen LogP contribution in [0.25, 0.3) is 0 Å². The number of rotatable bonds is 8. The van der Waals surface area contributed by atoms with Crippen LogP contribution in [0.1, 0.15) is 60.2 Å². The topological polar surface area (TPSA) is 117 Å². The van der Waals surface area contributed by atoms with Crippen LogP contribution >= 0.6 is 0 Å². The fraction of sp³-hybridized carbons (Fsp3) is 0.414. The van der Waals surface area contributed by atoms with Gasteiger partial charge in [-0.15, -0.1) is 0 Å². The Morgan fingerprint density at radius 1 is 1.08 bits per heavy atom. The molecule has 202 valence electrons. The van der Waals surface area contributed by atoms with E-state index >= 15 is 0 Å². The number of aliphatic hydroxyl groups excluding tert-OH is 1. The number of aliphatic hydroxyl groups is 1. The third-order valence-corrected chi connectivity index (χ3v) is 6.48. The van der Waals surface area contributed by atoms with E-state index in [1.807, 2.05) is 24.3 Å². The third-order valence-electron chi connectivity index (χ3n) is 6.48. The molecule has 3 amide bonds. The number of amides is 3. The first-order chi connectivity index (χ1) is 18.1. The molecule has 0 aliphatic carbocycles. The van der Waals surface area contributed by atoms with E-state index in [1.54, 1.807) is 31.2 Å². The number of carbonyl (C=O) groups excluding carboxylic acids is 3. The van der Waals surface area contributed by atoms with Crippen molar-refractivity contribution < 1.29 is 29.1 Å². The van der Waals surface area contributed by atoms with Crippen molar-refractivity contribution in [1.29, 1.82) is 0 Å². The van der Waals surface area contributed by atoms with E-state index in [1.165, 1.54) is 21.0 Å². The number of carbonyl (C=O) groups is 3. The van der Waals surface area contributed by atoms with Crippen LogP contribution in [-0.4, -0.2) is 66.4 Å². The van der Waals surface area contributed by atoms with Crippen molar-refractivity contribution >= 4 is 17.7 Å². The molecule has 38 heavy (non-hydrogen) atoms. The first-order valence-electron chi connectivity index (χ1n) is 12.6. The number of nitrogens with zero attached hydrogens (tertiary/aromatic N) is 1. The highest BCUT2D eigenvalue weighted by atomic mass is 16.8. The molecule has 0 spiro atoms. The quantitative estimate of drug-likeness (QED) is 0.279. The monoisotopic (exact) mass is 521 g/mol. The minimum absolute atomic E-state index is 0.292. The van der Waals surface area contributed by atoms with Gasteiger partial charge in [-0.25, -0.2) is 10.3 Å². The van der Waals surface area contributed by atoms with Crippen LogP contribution in [0.4, 0.5) is 0 Å². The summed E-state index contributed by atoms with van der Waals surface area (Å²) in [7, 11) is 2.79. The number of hydrogen-bond acceptors (Lipinski definition) is 6. The fourth-order valence-electron chi connectivity index (χ4n) is 3.98. The van der Waals surface area contributed by atoms with Crippen molar-refractivity contribution in [3.8, 4) is 11.8 Å². The van der Waals surface area contributed by atoms with Crippen molar-refractivity contribution in [1.82, 2.24) is 15.7 Å². The molecule has 9 heteroatoms. The highest BCUT2D eigenvalue weighted by Crippen LogP contribution is 2.20. The van der Waals surface area contributed by atoms with E-state index < -0.39 is 35.7 Å². The second-order valence-electron chi connectivity index (χ2n) is 9.44. The molecule has 1 fully saturated rings. The molecule has 1 heterocycles. The lowest BCUT2D eigenvalue weighted by Crippen LogP contribution is -2.65. The van der Waals surface area contributed by atoms with Crippen molar-refractivity contribution in [3.63, 3.8) is 0 Å². The second-order valence-corrected chi connectivity index (χ2v) is 9.44. The molecule has 2 aromatic carbocycles. The predicted octanol–water partition coefficient (Wildman–Crippen LogP) is 2.16. The number of ether oxygens (including phenoxy) is 1. The standard InChI is InChI=1S/C29H35N3O6/c1-20(33)19-23-12-10-21(11-13-23)8-9-22-14-16-24(17-15-22)26(34)32(4)29(2,27(35)30-3)28(36)31-38-25-7-5-6-18-37-25/h10-17,20,25,33H,5-7,18-19H2,1-4H3,(H,30,35)(H,31,36)/t20-,25?,29?/m0/s1. The molecule has 3 N–H and O–H groups in total. The summed E-state index contributed by atoms with van der Waals surface area (Å²) < 4.78 is 5.44. The van der Waals surface area contributed by atoms with Crippen LogP contribution in [0, 0.1) is 11.8 Å². The maximum atomic E-state index is 13.3. The molecule has 3 atom stereocenters. The number of hydrogen-bond donors (Lipinski definition) is 3. The molecule has 2 unspecified atom stereocenters. The van der Waals surface area contributed by atoms with Gasteiger partial charge in [0, 0.05) is 43.8 Å². The molecule has 2 aromatic rings. The molecular weight excluding hydrogens is 486 g/mol. The summed E-state index contributed by atoms with van der Waals surface area (Å²) in [6.07, 6.45) is 2.03. The maximum absolute atomic E-state index is 13.3. The van der Waals surface area contributed by atoms with Gasteiger partial charge < -0.3 is 20.1 Å². The average molecular weight is 522 g/mol. The van der Waals surface area contributed by atoms with Crippen molar-refractivity contribution in [2.75, 3.05) is 20.7 Å². The Hall–Kier alpha value is -3.71. The van der Waals surface area contributed by atoms with Crippen LogP contribution in [0.2, 0.25) is 0 Å².